The minimum Gasteiger partial charge on any atom is -0.443 e. The van der Waals surface area contributed by atoms with E-state index >= 15 is 0 Å². The van der Waals surface area contributed by atoms with E-state index in [1.54, 1.807) is 0 Å². The molecule has 0 aromatic heterocycles. The second-order valence-corrected chi connectivity index (χ2v) is 3.38. The maximum absolute atomic E-state index is 7.51. The molecule has 64 valence electrons. The van der Waals surface area contributed by atoms with Crippen molar-refractivity contribution in [1.29, 1.82) is 0 Å². The van der Waals surface area contributed by atoms with Crippen molar-refractivity contribution < 1.29 is 14.6 Å². The summed E-state index contributed by atoms with van der Waals surface area (Å²) in [7, 11) is 0. The number of hydrogen-bond donors (Lipinski definition) is 0. The Morgan fingerprint density at radius 2 is 1.64 bits per heavy atom. The highest BCUT2D eigenvalue weighted by molar-refractivity contribution is 4.81. The van der Waals surface area contributed by atoms with Gasteiger partial charge < -0.3 is 14.6 Å². The largest absolute Gasteiger partial charge is 0.443 e. The van der Waals surface area contributed by atoms with Crippen molar-refractivity contribution in [2.45, 2.75) is 37.6 Å². The molecule has 0 radical (unpaired) electrons. The Morgan fingerprint density at radius 3 is 2.18 bits per heavy atom. The fourth-order valence-electron chi connectivity index (χ4n) is 1.84. The third-order valence-electron chi connectivity index (χ3n) is 2.56. The van der Waals surface area contributed by atoms with Gasteiger partial charge in [-0.1, -0.05) is 0 Å². The number of ether oxygens (including phenoxy) is 2. The van der Waals surface area contributed by atoms with Gasteiger partial charge in [0.2, 0.25) is 0 Å². The highest BCUT2D eigenvalue weighted by Crippen LogP contribution is 2.35. The average molecular weight is 159 g/mol. The van der Waals surface area contributed by atoms with Gasteiger partial charge in [-0.2, -0.15) is 0 Å². The molecule has 2 aliphatic rings. The molecule has 0 aromatic carbocycles. The SMILES string of the molecule is [OH2+]C1CCC2(CC1)OCCO2. The van der Waals surface area contributed by atoms with Crippen molar-refractivity contribution in [2.75, 3.05) is 13.2 Å². The van der Waals surface area contributed by atoms with Crippen LogP contribution in [0.2, 0.25) is 0 Å². The molecule has 1 saturated carbocycles. The van der Waals surface area contributed by atoms with E-state index in [2.05, 4.69) is 0 Å². The molecule has 1 aliphatic carbocycles. The Hall–Kier alpha value is -0.120. The minimum absolute atomic E-state index is 0.119. The quantitative estimate of drug-likeness (QED) is 0.480. The van der Waals surface area contributed by atoms with Crippen LogP contribution in [0.3, 0.4) is 0 Å². The smallest absolute Gasteiger partial charge is 0.169 e. The summed E-state index contributed by atoms with van der Waals surface area (Å²) in [6.07, 6.45) is 3.82. The van der Waals surface area contributed by atoms with Gasteiger partial charge in [-0.15, -0.1) is 0 Å². The lowest BCUT2D eigenvalue weighted by Crippen LogP contribution is -2.36. The molecule has 11 heavy (non-hydrogen) atoms. The molecule has 1 saturated heterocycles. The van der Waals surface area contributed by atoms with Crippen LogP contribution in [0.25, 0.3) is 0 Å². The van der Waals surface area contributed by atoms with Crippen molar-refractivity contribution in [2.24, 2.45) is 0 Å². The zero-order valence-corrected chi connectivity index (χ0v) is 6.64. The summed E-state index contributed by atoms with van der Waals surface area (Å²) >= 11 is 0. The van der Waals surface area contributed by atoms with Crippen molar-refractivity contribution in [3.05, 3.63) is 0 Å². The summed E-state index contributed by atoms with van der Waals surface area (Å²) < 4.78 is 11.0. The first-order valence-corrected chi connectivity index (χ1v) is 4.30. The average Bonchev–Trinajstić information content (AvgIpc) is 2.45. The van der Waals surface area contributed by atoms with Gasteiger partial charge in [-0.25, -0.2) is 0 Å². The zero-order valence-electron chi connectivity index (χ0n) is 6.64. The van der Waals surface area contributed by atoms with E-state index in [1.807, 2.05) is 0 Å². The molecule has 3 heteroatoms. The molecule has 0 aromatic rings. The number of hydrogen-bond acceptors (Lipinski definition) is 2. The van der Waals surface area contributed by atoms with E-state index in [9.17, 15) is 0 Å². The van der Waals surface area contributed by atoms with Gasteiger partial charge >= 0.3 is 0 Å². The molecule has 0 unspecified atom stereocenters. The van der Waals surface area contributed by atoms with Gasteiger partial charge in [0.05, 0.1) is 13.2 Å². The zero-order chi connectivity index (χ0) is 7.73. The fraction of sp³-hybridized carbons (Fsp3) is 1.00. The molecular weight excluding hydrogens is 144 g/mol. The van der Waals surface area contributed by atoms with Crippen LogP contribution in [0, 0.1) is 0 Å². The molecule has 0 bridgehead atoms. The van der Waals surface area contributed by atoms with Gasteiger partial charge in [-0.05, 0) is 0 Å². The molecule has 3 nitrogen and oxygen atoms in total. The van der Waals surface area contributed by atoms with Gasteiger partial charge in [0.15, 0.2) is 11.9 Å². The third-order valence-corrected chi connectivity index (χ3v) is 2.56. The first-order valence-electron chi connectivity index (χ1n) is 4.30. The van der Waals surface area contributed by atoms with Crippen LogP contribution < -0.4 is 0 Å². The molecular formula is C8H15O3+. The Bertz CT molecular complexity index is 130. The summed E-state index contributed by atoms with van der Waals surface area (Å²) in [6.45, 7) is 1.48. The van der Waals surface area contributed by atoms with E-state index in [-0.39, 0.29) is 11.9 Å². The summed E-state index contributed by atoms with van der Waals surface area (Å²) in [6, 6.07) is 0. The van der Waals surface area contributed by atoms with E-state index < -0.39 is 0 Å². The Balaban J connectivity index is 1.94. The van der Waals surface area contributed by atoms with Crippen LogP contribution in [-0.4, -0.2) is 30.2 Å². The van der Waals surface area contributed by atoms with Crippen molar-refractivity contribution >= 4 is 0 Å². The Kier molecular flexibility index (Phi) is 1.87. The monoisotopic (exact) mass is 159 g/mol. The molecule has 1 heterocycles. The predicted octanol–water partition coefficient (Wildman–Crippen LogP) is 0.397. The van der Waals surface area contributed by atoms with Crippen LogP contribution >= 0.6 is 0 Å². The molecule has 2 fully saturated rings. The van der Waals surface area contributed by atoms with Crippen LogP contribution in [0.4, 0.5) is 0 Å². The molecule has 1 aliphatic heterocycles. The predicted molar refractivity (Wildman–Crippen MR) is 40.5 cm³/mol. The van der Waals surface area contributed by atoms with Crippen LogP contribution in [0.15, 0.2) is 0 Å². The van der Waals surface area contributed by atoms with Gasteiger partial charge in [-0.3, -0.25) is 0 Å². The summed E-state index contributed by atoms with van der Waals surface area (Å²) in [5, 5.41) is 7.51. The highest BCUT2D eigenvalue weighted by atomic mass is 16.7. The molecule has 1 spiro atoms. The second kappa shape index (κ2) is 2.73. The van der Waals surface area contributed by atoms with E-state index in [0.717, 1.165) is 38.9 Å². The minimum atomic E-state index is -0.266. The molecule has 0 atom stereocenters. The molecule has 2 rings (SSSR count). The summed E-state index contributed by atoms with van der Waals surface area (Å²) in [4.78, 5) is 0. The maximum Gasteiger partial charge on any atom is 0.169 e. The Morgan fingerprint density at radius 1 is 1.09 bits per heavy atom. The lowest BCUT2D eigenvalue weighted by Gasteiger charge is -2.31. The van der Waals surface area contributed by atoms with Crippen LogP contribution in [-0.2, 0) is 9.47 Å². The van der Waals surface area contributed by atoms with E-state index in [4.69, 9.17) is 14.6 Å². The topological polar surface area (TPSA) is 41.4 Å². The first-order chi connectivity index (χ1) is 5.31. The fourth-order valence-corrected chi connectivity index (χ4v) is 1.84. The molecule has 2 N–H and O–H groups in total. The lowest BCUT2D eigenvalue weighted by molar-refractivity contribution is -0.187. The summed E-state index contributed by atoms with van der Waals surface area (Å²) in [5.74, 6) is -0.266. The van der Waals surface area contributed by atoms with E-state index in [0.29, 0.717) is 0 Å². The van der Waals surface area contributed by atoms with Gasteiger partial charge in [0.1, 0.15) is 0 Å². The van der Waals surface area contributed by atoms with Crippen molar-refractivity contribution in [3.8, 4) is 0 Å². The van der Waals surface area contributed by atoms with E-state index in [1.165, 1.54) is 0 Å². The third kappa shape index (κ3) is 1.41. The van der Waals surface area contributed by atoms with Crippen LogP contribution in [0.1, 0.15) is 25.7 Å². The summed E-state index contributed by atoms with van der Waals surface area (Å²) in [5.41, 5.74) is 0. The normalized spacial score (nSPS) is 31.4. The Labute approximate surface area is 66.3 Å². The first kappa shape index (κ1) is 7.53. The van der Waals surface area contributed by atoms with Crippen molar-refractivity contribution in [3.63, 3.8) is 0 Å². The van der Waals surface area contributed by atoms with Crippen LogP contribution in [0.5, 0.6) is 0 Å². The second-order valence-electron chi connectivity index (χ2n) is 3.38. The number of rotatable bonds is 0. The lowest BCUT2D eigenvalue weighted by atomic mass is 9.92. The maximum atomic E-state index is 7.51. The highest BCUT2D eigenvalue weighted by Gasteiger charge is 2.41. The standard InChI is InChI=1S/C8H14O3/c9-7-1-3-8(4-2-7)10-5-6-11-8/h7,9H,1-6H2/p+1. The molecule has 0 amide bonds. The van der Waals surface area contributed by atoms with Gasteiger partial charge in [0, 0.05) is 25.7 Å². The van der Waals surface area contributed by atoms with Gasteiger partial charge in [0.25, 0.3) is 0 Å². The van der Waals surface area contributed by atoms with Crippen molar-refractivity contribution in [1.82, 2.24) is 0 Å².